The van der Waals surface area contributed by atoms with E-state index in [0.29, 0.717) is 11.5 Å². The topological polar surface area (TPSA) is 36.9 Å². The van der Waals surface area contributed by atoms with Crippen LogP contribution in [0.15, 0.2) is 34.8 Å². The first-order chi connectivity index (χ1) is 11.6. The van der Waals surface area contributed by atoms with Crippen molar-refractivity contribution in [3.63, 3.8) is 0 Å². The molecule has 0 aliphatic carbocycles. The lowest BCUT2D eigenvalue weighted by molar-refractivity contribution is 0.354. The lowest BCUT2D eigenvalue weighted by Crippen LogP contribution is -1.97. The van der Waals surface area contributed by atoms with Crippen LogP contribution in [0.5, 0.6) is 23.0 Å². The third kappa shape index (κ3) is 4.81. The molecule has 5 heteroatoms. The van der Waals surface area contributed by atoms with Crippen molar-refractivity contribution in [3.8, 4) is 23.0 Å². The molecule has 0 aliphatic rings. The van der Waals surface area contributed by atoms with E-state index in [-0.39, 0.29) is 0 Å². The molecule has 2 aromatic rings. The first kappa shape index (κ1) is 20.2. The number of methoxy groups -OCH3 is 4. The highest BCUT2D eigenvalue weighted by molar-refractivity contribution is 9.10. The van der Waals surface area contributed by atoms with Crippen LogP contribution in [0.1, 0.15) is 25.0 Å². The van der Waals surface area contributed by atoms with Gasteiger partial charge >= 0.3 is 0 Å². The van der Waals surface area contributed by atoms with Gasteiger partial charge in [0.15, 0.2) is 23.0 Å². The van der Waals surface area contributed by atoms with Crippen molar-refractivity contribution in [2.45, 2.75) is 20.3 Å². The van der Waals surface area contributed by atoms with Crippen molar-refractivity contribution in [3.05, 3.63) is 45.9 Å². The third-order valence-electron chi connectivity index (χ3n) is 3.40. The van der Waals surface area contributed by atoms with Gasteiger partial charge in [-0.2, -0.15) is 0 Å². The summed E-state index contributed by atoms with van der Waals surface area (Å²) in [6, 6.07) is 9.78. The summed E-state index contributed by atoms with van der Waals surface area (Å²) in [5.41, 5.74) is 2.22. The van der Waals surface area contributed by atoms with Gasteiger partial charge in [0.05, 0.1) is 28.4 Å². The first-order valence-electron chi connectivity index (χ1n) is 7.74. The van der Waals surface area contributed by atoms with E-state index in [4.69, 9.17) is 18.9 Å². The van der Waals surface area contributed by atoms with Gasteiger partial charge in [-0.05, 0) is 41.8 Å². The molecule has 0 heterocycles. The van der Waals surface area contributed by atoms with Crippen LogP contribution in [0.3, 0.4) is 0 Å². The molecule has 0 amide bonds. The van der Waals surface area contributed by atoms with Crippen LogP contribution in [-0.4, -0.2) is 28.4 Å². The SMILES string of the molecule is CC.COc1ccc(Cc2cc(OC)c(OC)cc2Br)cc1OC. The second-order valence-electron chi connectivity index (χ2n) is 4.66. The highest BCUT2D eigenvalue weighted by Gasteiger charge is 2.11. The summed E-state index contributed by atoms with van der Waals surface area (Å²) in [7, 11) is 6.51. The maximum Gasteiger partial charge on any atom is 0.161 e. The molecule has 132 valence electrons. The molecule has 0 fully saturated rings. The molecule has 0 saturated heterocycles. The minimum absolute atomic E-state index is 0.699. The Bertz CT molecular complexity index is 656. The molecule has 0 bridgehead atoms. The Balaban J connectivity index is 0.00000139. The molecular weight excluding hydrogens is 372 g/mol. The van der Waals surface area contributed by atoms with E-state index in [0.717, 1.165) is 33.5 Å². The molecule has 0 saturated carbocycles. The normalized spacial score (nSPS) is 9.62. The summed E-state index contributed by atoms with van der Waals surface area (Å²) in [6.45, 7) is 4.00. The van der Waals surface area contributed by atoms with Crippen LogP contribution in [-0.2, 0) is 6.42 Å². The molecule has 2 rings (SSSR count). The van der Waals surface area contributed by atoms with Gasteiger partial charge < -0.3 is 18.9 Å². The van der Waals surface area contributed by atoms with Crippen molar-refractivity contribution >= 4 is 15.9 Å². The molecule has 4 nitrogen and oxygen atoms in total. The van der Waals surface area contributed by atoms with Crippen LogP contribution in [0.4, 0.5) is 0 Å². The van der Waals surface area contributed by atoms with Gasteiger partial charge in [0.25, 0.3) is 0 Å². The fraction of sp³-hybridized carbons (Fsp3) is 0.368. The van der Waals surface area contributed by atoms with E-state index in [1.54, 1.807) is 28.4 Å². The van der Waals surface area contributed by atoms with E-state index in [1.807, 2.05) is 44.2 Å². The first-order valence-corrected chi connectivity index (χ1v) is 8.53. The van der Waals surface area contributed by atoms with Gasteiger partial charge in [-0.15, -0.1) is 0 Å². The summed E-state index contributed by atoms with van der Waals surface area (Å²) >= 11 is 3.58. The second-order valence-corrected chi connectivity index (χ2v) is 5.52. The van der Waals surface area contributed by atoms with Crippen molar-refractivity contribution in [2.24, 2.45) is 0 Å². The van der Waals surface area contributed by atoms with E-state index in [1.165, 1.54) is 0 Å². The molecule has 0 atom stereocenters. The highest BCUT2D eigenvalue weighted by Crippen LogP contribution is 2.35. The molecule has 0 N–H and O–H groups in total. The van der Waals surface area contributed by atoms with Crippen LogP contribution >= 0.6 is 15.9 Å². The van der Waals surface area contributed by atoms with Crippen molar-refractivity contribution < 1.29 is 18.9 Å². The van der Waals surface area contributed by atoms with Gasteiger partial charge in [-0.3, -0.25) is 0 Å². The Hall–Kier alpha value is -1.88. The summed E-state index contributed by atoms with van der Waals surface area (Å²) in [6.07, 6.45) is 0.737. The maximum atomic E-state index is 5.36. The molecule has 0 radical (unpaired) electrons. The van der Waals surface area contributed by atoms with Crippen LogP contribution in [0, 0.1) is 0 Å². The lowest BCUT2D eigenvalue weighted by Gasteiger charge is -2.13. The lowest BCUT2D eigenvalue weighted by atomic mass is 10.0. The summed E-state index contributed by atoms with van der Waals surface area (Å²) in [4.78, 5) is 0. The molecule has 0 spiro atoms. The largest absolute Gasteiger partial charge is 0.493 e. The van der Waals surface area contributed by atoms with Crippen molar-refractivity contribution in [2.75, 3.05) is 28.4 Å². The monoisotopic (exact) mass is 396 g/mol. The zero-order valence-corrected chi connectivity index (χ0v) is 16.7. The molecule has 0 aliphatic heterocycles. The van der Waals surface area contributed by atoms with E-state index in [9.17, 15) is 0 Å². The fourth-order valence-corrected chi connectivity index (χ4v) is 2.70. The van der Waals surface area contributed by atoms with Crippen molar-refractivity contribution in [1.82, 2.24) is 0 Å². The van der Waals surface area contributed by atoms with Crippen LogP contribution in [0.2, 0.25) is 0 Å². The fourth-order valence-electron chi connectivity index (χ4n) is 2.24. The number of rotatable bonds is 6. The summed E-state index contributed by atoms with van der Waals surface area (Å²) in [5, 5.41) is 0. The van der Waals surface area contributed by atoms with Gasteiger partial charge in [0, 0.05) is 4.47 Å². The minimum Gasteiger partial charge on any atom is -0.493 e. The minimum atomic E-state index is 0.699. The van der Waals surface area contributed by atoms with Gasteiger partial charge in [-0.1, -0.05) is 35.8 Å². The molecule has 0 unspecified atom stereocenters. The Morgan fingerprint density at radius 3 is 1.75 bits per heavy atom. The number of hydrogen-bond donors (Lipinski definition) is 0. The molecule has 2 aromatic carbocycles. The van der Waals surface area contributed by atoms with Crippen LogP contribution < -0.4 is 18.9 Å². The Labute approximate surface area is 152 Å². The Morgan fingerprint density at radius 2 is 1.21 bits per heavy atom. The number of hydrogen-bond acceptors (Lipinski definition) is 4. The number of ether oxygens (including phenoxy) is 4. The summed E-state index contributed by atoms with van der Waals surface area (Å²) < 4.78 is 22.2. The Morgan fingerprint density at radius 1 is 0.708 bits per heavy atom. The summed E-state index contributed by atoms with van der Waals surface area (Å²) in [5.74, 6) is 2.85. The third-order valence-corrected chi connectivity index (χ3v) is 4.13. The van der Waals surface area contributed by atoms with Gasteiger partial charge in [-0.25, -0.2) is 0 Å². The van der Waals surface area contributed by atoms with Gasteiger partial charge in [0.2, 0.25) is 0 Å². The second kappa shape index (κ2) is 10.1. The number of benzene rings is 2. The maximum absolute atomic E-state index is 5.36. The highest BCUT2D eigenvalue weighted by atomic mass is 79.9. The van der Waals surface area contributed by atoms with Gasteiger partial charge in [0.1, 0.15) is 0 Å². The smallest absolute Gasteiger partial charge is 0.161 e. The van der Waals surface area contributed by atoms with Crippen LogP contribution in [0.25, 0.3) is 0 Å². The molecule has 24 heavy (non-hydrogen) atoms. The van der Waals surface area contributed by atoms with E-state index in [2.05, 4.69) is 15.9 Å². The quantitative estimate of drug-likeness (QED) is 0.680. The average molecular weight is 397 g/mol. The zero-order chi connectivity index (χ0) is 18.1. The standard InChI is InChI=1S/C17H19BrO4.C2H6/c1-19-14-6-5-11(8-15(14)20-2)7-12-9-16(21-3)17(22-4)10-13(12)18;1-2/h5-6,8-10H,7H2,1-4H3;1-2H3. The van der Waals surface area contributed by atoms with E-state index < -0.39 is 0 Å². The Kier molecular flexibility index (Phi) is 8.47. The van der Waals surface area contributed by atoms with Crippen molar-refractivity contribution in [1.29, 1.82) is 0 Å². The average Bonchev–Trinajstić information content (AvgIpc) is 2.64. The molecule has 0 aromatic heterocycles. The predicted octanol–water partition coefficient (Wildman–Crippen LogP) is 5.10. The molecular formula is C19H25BrO4. The predicted molar refractivity (Wildman–Crippen MR) is 101 cm³/mol. The van der Waals surface area contributed by atoms with E-state index >= 15 is 0 Å². The number of halogens is 1. The zero-order valence-electron chi connectivity index (χ0n) is 15.1.